The van der Waals surface area contributed by atoms with E-state index < -0.39 is 5.92 Å². The van der Waals surface area contributed by atoms with Crippen LogP contribution < -0.4 is 4.90 Å². The Balaban J connectivity index is 1.46. The normalized spacial score (nSPS) is 25.7. The molecule has 1 aromatic rings. The Labute approximate surface area is 152 Å². The topological polar surface area (TPSA) is 49.3 Å². The molecule has 1 unspecified atom stereocenters. The molecule has 4 rings (SSSR count). The highest BCUT2D eigenvalue weighted by Gasteiger charge is 2.38. The maximum Gasteiger partial charge on any atom is 0.251 e. The second-order valence-corrected chi connectivity index (χ2v) is 7.80. The number of aromatic nitrogens is 2. The first-order valence-corrected chi connectivity index (χ1v) is 9.78. The Morgan fingerprint density at radius 2 is 1.85 bits per heavy atom. The lowest BCUT2D eigenvalue weighted by atomic mass is 9.93. The number of hydrogen-bond donors (Lipinski definition) is 0. The van der Waals surface area contributed by atoms with E-state index in [1.54, 1.807) is 11.2 Å². The van der Waals surface area contributed by atoms with Gasteiger partial charge in [-0.1, -0.05) is 0 Å². The largest absolute Gasteiger partial charge is 0.355 e. The number of anilines is 1. The SMILES string of the molecule is O=C(C1CCCN(c2ncnc3c2CCCC3)C1)N1CCC(F)(F)CC1. The van der Waals surface area contributed by atoms with Crippen LogP contribution in [0.25, 0.3) is 0 Å². The smallest absolute Gasteiger partial charge is 0.251 e. The number of nitrogens with zero attached hydrogens (tertiary/aromatic N) is 4. The summed E-state index contributed by atoms with van der Waals surface area (Å²) < 4.78 is 26.7. The monoisotopic (exact) mass is 364 g/mol. The molecule has 1 amide bonds. The van der Waals surface area contributed by atoms with Gasteiger partial charge in [-0.15, -0.1) is 0 Å². The quantitative estimate of drug-likeness (QED) is 0.810. The second kappa shape index (κ2) is 7.08. The minimum absolute atomic E-state index is 0.0353. The van der Waals surface area contributed by atoms with Crippen LogP contribution in [0.2, 0.25) is 0 Å². The van der Waals surface area contributed by atoms with E-state index in [0.29, 0.717) is 6.54 Å². The molecule has 0 aromatic carbocycles. The van der Waals surface area contributed by atoms with Crippen molar-refractivity contribution in [3.05, 3.63) is 17.6 Å². The molecular weight excluding hydrogens is 338 g/mol. The van der Waals surface area contributed by atoms with Gasteiger partial charge in [0.05, 0.1) is 5.92 Å². The summed E-state index contributed by atoms with van der Waals surface area (Å²) in [4.78, 5) is 25.7. The Morgan fingerprint density at radius 3 is 2.65 bits per heavy atom. The van der Waals surface area contributed by atoms with E-state index in [4.69, 9.17) is 0 Å². The fraction of sp³-hybridized carbons (Fsp3) is 0.737. The van der Waals surface area contributed by atoms with Crippen molar-refractivity contribution >= 4 is 11.7 Å². The Bertz CT molecular complexity index is 672. The fourth-order valence-corrected chi connectivity index (χ4v) is 4.46. The van der Waals surface area contributed by atoms with Crippen molar-refractivity contribution in [2.45, 2.75) is 57.3 Å². The summed E-state index contributed by atoms with van der Waals surface area (Å²) in [6, 6.07) is 0. The summed E-state index contributed by atoms with van der Waals surface area (Å²) in [5.74, 6) is -1.72. The van der Waals surface area contributed by atoms with Crippen molar-refractivity contribution in [3.63, 3.8) is 0 Å². The third-order valence-electron chi connectivity index (χ3n) is 5.98. The number of rotatable bonds is 2. The van der Waals surface area contributed by atoms with Crippen LogP contribution in [0.1, 0.15) is 49.8 Å². The van der Waals surface area contributed by atoms with E-state index in [2.05, 4.69) is 14.9 Å². The molecule has 0 saturated carbocycles. The number of piperidine rings is 2. The Kier molecular flexibility index (Phi) is 4.80. The zero-order valence-electron chi connectivity index (χ0n) is 15.1. The molecule has 1 atom stereocenters. The number of halogens is 2. The molecule has 5 nitrogen and oxygen atoms in total. The lowest BCUT2D eigenvalue weighted by Crippen LogP contribution is -2.49. The van der Waals surface area contributed by atoms with Gasteiger partial charge in [-0.3, -0.25) is 4.79 Å². The molecule has 0 bridgehead atoms. The summed E-state index contributed by atoms with van der Waals surface area (Å²) >= 11 is 0. The minimum Gasteiger partial charge on any atom is -0.355 e. The molecule has 142 valence electrons. The molecule has 26 heavy (non-hydrogen) atoms. The van der Waals surface area contributed by atoms with Crippen molar-refractivity contribution < 1.29 is 13.6 Å². The Morgan fingerprint density at radius 1 is 1.08 bits per heavy atom. The average Bonchev–Trinajstić information content (AvgIpc) is 2.67. The molecule has 0 spiro atoms. The second-order valence-electron chi connectivity index (χ2n) is 7.80. The van der Waals surface area contributed by atoms with Crippen molar-refractivity contribution in [2.75, 3.05) is 31.1 Å². The minimum atomic E-state index is -2.62. The maximum atomic E-state index is 13.4. The van der Waals surface area contributed by atoms with Crippen LogP contribution in [0.5, 0.6) is 0 Å². The summed E-state index contributed by atoms with van der Waals surface area (Å²) in [5, 5.41) is 0. The summed E-state index contributed by atoms with van der Waals surface area (Å²) in [7, 11) is 0. The molecular formula is C19H26F2N4O. The summed E-state index contributed by atoms with van der Waals surface area (Å²) in [6.07, 6.45) is 7.30. The van der Waals surface area contributed by atoms with Crippen molar-refractivity contribution in [1.82, 2.24) is 14.9 Å². The Hall–Kier alpha value is -1.79. The summed E-state index contributed by atoms with van der Waals surface area (Å²) in [5.41, 5.74) is 2.39. The number of fused-ring (bicyclic) bond motifs is 1. The van der Waals surface area contributed by atoms with Crippen LogP contribution in [0.4, 0.5) is 14.6 Å². The van der Waals surface area contributed by atoms with Crippen LogP contribution in [0.15, 0.2) is 6.33 Å². The molecule has 2 saturated heterocycles. The zero-order valence-corrected chi connectivity index (χ0v) is 15.1. The van der Waals surface area contributed by atoms with E-state index in [1.165, 1.54) is 12.0 Å². The van der Waals surface area contributed by atoms with Gasteiger partial charge in [0, 0.05) is 50.3 Å². The highest BCUT2D eigenvalue weighted by atomic mass is 19.3. The standard InChI is InChI=1S/C19H26F2N4O/c20-19(21)7-10-24(11-8-19)18(26)14-4-3-9-25(12-14)17-15-5-1-2-6-16(15)22-13-23-17/h13-14H,1-12H2. The van der Waals surface area contributed by atoms with Crippen molar-refractivity contribution in [3.8, 4) is 0 Å². The van der Waals surface area contributed by atoms with E-state index in [9.17, 15) is 13.6 Å². The zero-order chi connectivity index (χ0) is 18.1. The van der Waals surface area contributed by atoms with Gasteiger partial charge >= 0.3 is 0 Å². The first-order valence-electron chi connectivity index (χ1n) is 9.78. The first kappa shape index (κ1) is 17.6. The van der Waals surface area contributed by atoms with Gasteiger partial charge in [0.25, 0.3) is 5.92 Å². The molecule has 7 heteroatoms. The van der Waals surface area contributed by atoms with Gasteiger partial charge in [-0.05, 0) is 38.5 Å². The average molecular weight is 364 g/mol. The lowest BCUT2D eigenvalue weighted by molar-refractivity contribution is -0.141. The van der Waals surface area contributed by atoms with Crippen LogP contribution >= 0.6 is 0 Å². The number of carbonyl (C=O) groups is 1. The lowest BCUT2D eigenvalue weighted by Gasteiger charge is -2.38. The highest BCUT2D eigenvalue weighted by molar-refractivity contribution is 5.80. The molecule has 3 heterocycles. The van der Waals surface area contributed by atoms with Gasteiger partial charge in [0.1, 0.15) is 12.1 Å². The van der Waals surface area contributed by atoms with Crippen LogP contribution in [-0.4, -0.2) is 52.9 Å². The van der Waals surface area contributed by atoms with Crippen LogP contribution in [0.3, 0.4) is 0 Å². The molecule has 2 aliphatic heterocycles. The molecule has 0 radical (unpaired) electrons. The van der Waals surface area contributed by atoms with E-state index in [1.807, 2.05) is 0 Å². The third-order valence-corrected chi connectivity index (χ3v) is 5.98. The third kappa shape index (κ3) is 3.53. The molecule has 1 aromatic heterocycles. The van der Waals surface area contributed by atoms with Crippen LogP contribution in [-0.2, 0) is 17.6 Å². The van der Waals surface area contributed by atoms with Gasteiger partial charge in [-0.2, -0.15) is 0 Å². The van der Waals surface area contributed by atoms with E-state index in [-0.39, 0.29) is 37.8 Å². The highest BCUT2D eigenvalue weighted by Crippen LogP contribution is 2.32. The number of hydrogen-bond acceptors (Lipinski definition) is 4. The molecule has 0 N–H and O–H groups in total. The number of likely N-dealkylation sites (tertiary alicyclic amines) is 1. The number of amides is 1. The van der Waals surface area contributed by atoms with Gasteiger partial charge in [0.2, 0.25) is 5.91 Å². The van der Waals surface area contributed by atoms with Crippen molar-refractivity contribution in [2.24, 2.45) is 5.92 Å². The van der Waals surface area contributed by atoms with Gasteiger partial charge < -0.3 is 9.80 Å². The summed E-state index contributed by atoms with van der Waals surface area (Å²) in [6.45, 7) is 1.87. The van der Waals surface area contributed by atoms with Gasteiger partial charge in [-0.25, -0.2) is 18.7 Å². The van der Waals surface area contributed by atoms with Crippen molar-refractivity contribution in [1.29, 1.82) is 0 Å². The number of carbonyl (C=O) groups excluding carboxylic acids is 1. The van der Waals surface area contributed by atoms with E-state index in [0.717, 1.165) is 50.2 Å². The van der Waals surface area contributed by atoms with Gasteiger partial charge in [0.15, 0.2) is 0 Å². The number of aryl methyl sites for hydroxylation is 1. The molecule has 2 fully saturated rings. The first-order chi connectivity index (χ1) is 12.5. The molecule has 3 aliphatic rings. The van der Waals surface area contributed by atoms with E-state index >= 15 is 0 Å². The predicted octanol–water partition coefficient (Wildman–Crippen LogP) is 2.83. The maximum absolute atomic E-state index is 13.4. The predicted molar refractivity (Wildman–Crippen MR) is 94.4 cm³/mol. The molecule has 1 aliphatic carbocycles. The fourth-order valence-electron chi connectivity index (χ4n) is 4.46. The number of alkyl halides is 2. The van der Waals surface area contributed by atoms with Crippen LogP contribution in [0, 0.1) is 5.92 Å².